The second-order valence-electron chi connectivity index (χ2n) is 4.54. The van der Waals surface area contributed by atoms with Crippen molar-refractivity contribution in [2.45, 2.75) is 32.8 Å². The van der Waals surface area contributed by atoms with E-state index in [1.807, 2.05) is 30.7 Å². The topological polar surface area (TPSA) is 53.0 Å². The van der Waals surface area contributed by atoms with E-state index in [1.54, 1.807) is 7.11 Å². The molecule has 0 rings (SSSR count). The number of carbonyl (C=O) groups excluding carboxylic acids is 1. The van der Waals surface area contributed by atoms with Crippen molar-refractivity contribution < 1.29 is 14.6 Å². The highest BCUT2D eigenvalue weighted by molar-refractivity contribution is 5.76. The van der Waals surface area contributed by atoms with Gasteiger partial charge in [-0.3, -0.25) is 4.79 Å². The minimum Gasteiger partial charge on any atom is -0.389 e. The number of rotatable bonds is 10. The molecule has 1 N–H and O–H groups in total. The van der Waals surface area contributed by atoms with Gasteiger partial charge in [-0.15, -0.1) is 0 Å². The highest BCUT2D eigenvalue weighted by Gasteiger charge is 2.11. The van der Waals surface area contributed by atoms with Crippen LogP contribution in [0.1, 0.15) is 26.7 Å². The quantitative estimate of drug-likeness (QED) is 0.624. The molecule has 0 fully saturated rings. The zero-order chi connectivity index (χ0) is 14.0. The third-order valence-electron chi connectivity index (χ3n) is 2.93. The molecule has 0 saturated carbocycles. The van der Waals surface area contributed by atoms with E-state index >= 15 is 0 Å². The average Bonchev–Trinajstić information content (AvgIpc) is 2.30. The van der Waals surface area contributed by atoms with Crippen molar-refractivity contribution in [3.05, 3.63) is 0 Å². The lowest BCUT2D eigenvalue weighted by Crippen LogP contribution is -2.34. The molecule has 5 heteroatoms. The number of ether oxygens (including phenoxy) is 1. The number of carbonyl (C=O) groups is 1. The number of nitrogens with zero attached hydrogens (tertiary/aromatic N) is 2. The fourth-order valence-electron chi connectivity index (χ4n) is 1.93. The number of aliphatic hydroxyl groups excluding tert-OH is 1. The minimum absolute atomic E-state index is 0.214. The highest BCUT2D eigenvalue weighted by Crippen LogP contribution is 2.00. The zero-order valence-corrected chi connectivity index (χ0v) is 12.2. The molecule has 1 atom stereocenters. The molecular weight excluding hydrogens is 232 g/mol. The zero-order valence-electron chi connectivity index (χ0n) is 12.2. The van der Waals surface area contributed by atoms with Gasteiger partial charge in [-0.1, -0.05) is 0 Å². The first kappa shape index (κ1) is 17.4. The molecule has 0 saturated heterocycles. The molecule has 0 aliphatic rings. The van der Waals surface area contributed by atoms with Crippen molar-refractivity contribution in [2.75, 3.05) is 46.9 Å². The monoisotopic (exact) mass is 260 g/mol. The van der Waals surface area contributed by atoms with Crippen LogP contribution in [0.3, 0.4) is 0 Å². The van der Waals surface area contributed by atoms with Gasteiger partial charge >= 0.3 is 0 Å². The van der Waals surface area contributed by atoms with Gasteiger partial charge in [-0.05, 0) is 33.9 Å². The summed E-state index contributed by atoms with van der Waals surface area (Å²) in [4.78, 5) is 15.6. The summed E-state index contributed by atoms with van der Waals surface area (Å²) in [5, 5.41) is 9.55. The Kier molecular flexibility index (Phi) is 9.92. The maximum Gasteiger partial charge on any atom is 0.222 e. The smallest absolute Gasteiger partial charge is 0.222 e. The Morgan fingerprint density at radius 1 is 1.33 bits per heavy atom. The third kappa shape index (κ3) is 7.63. The molecule has 18 heavy (non-hydrogen) atoms. The van der Waals surface area contributed by atoms with E-state index in [0.29, 0.717) is 19.6 Å². The summed E-state index contributed by atoms with van der Waals surface area (Å²) < 4.78 is 4.87. The van der Waals surface area contributed by atoms with Gasteiger partial charge in [0.15, 0.2) is 0 Å². The number of likely N-dealkylation sites (N-methyl/N-ethyl adjacent to an activating group) is 1. The van der Waals surface area contributed by atoms with Crippen LogP contribution in [-0.2, 0) is 9.53 Å². The molecule has 5 nitrogen and oxygen atoms in total. The predicted octanol–water partition coefficient (Wildman–Crippen LogP) is 0.574. The molecule has 0 aromatic carbocycles. The second-order valence-corrected chi connectivity index (χ2v) is 4.54. The Morgan fingerprint density at radius 3 is 2.44 bits per heavy atom. The number of hydrogen-bond acceptors (Lipinski definition) is 4. The molecule has 0 aromatic heterocycles. The van der Waals surface area contributed by atoms with E-state index in [2.05, 4.69) is 0 Å². The SMILES string of the molecule is CCN(CC)C(=O)CCCN(C)CC(O)COC. The van der Waals surface area contributed by atoms with Gasteiger partial charge in [0.05, 0.1) is 12.7 Å². The van der Waals surface area contributed by atoms with Crippen molar-refractivity contribution in [3.63, 3.8) is 0 Å². The molecule has 0 radical (unpaired) electrons. The van der Waals surface area contributed by atoms with Crippen molar-refractivity contribution in [1.29, 1.82) is 0 Å². The molecule has 1 unspecified atom stereocenters. The van der Waals surface area contributed by atoms with E-state index in [4.69, 9.17) is 4.74 Å². The van der Waals surface area contributed by atoms with E-state index in [9.17, 15) is 9.90 Å². The van der Waals surface area contributed by atoms with Gasteiger partial charge in [0.1, 0.15) is 0 Å². The van der Waals surface area contributed by atoms with Crippen LogP contribution in [0.2, 0.25) is 0 Å². The second kappa shape index (κ2) is 10.3. The molecule has 0 aliphatic heterocycles. The van der Waals surface area contributed by atoms with Gasteiger partial charge in [0, 0.05) is 33.2 Å². The Bertz CT molecular complexity index is 220. The standard InChI is InChI=1S/C13H28N2O3/c1-5-15(6-2)13(17)8-7-9-14(3)10-12(16)11-18-4/h12,16H,5-11H2,1-4H3. The van der Waals surface area contributed by atoms with Gasteiger partial charge in [-0.25, -0.2) is 0 Å². The predicted molar refractivity (Wildman–Crippen MR) is 72.5 cm³/mol. The molecule has 0 aromatic rings. The van der Waals surface area contributed by atoms with Crippen molar-refractivity contribution in [1.82, 2.24) is 9.80 Å². The molecule has 0 bridgehead atoms. The number of amides is 1. The Labute approximate surface area is 111 Å². The van der Waals surface area contributed by atoms with Gasteiger partial charge in [0.25, 0.3) is 0 Å². The molecule has 0 aliphatic carbocycles. The van der Waals surface area contributed by atoms with Crippen LogP contribution >= 0.6 is 0 Å². The van der Waals surface area contributed by atoms with Crippen LogP contribution in [-0.4, -0.2) is 73.9 Å². The van der Waals surface area contributed by atoms with Gasteiger partial charge in [0.2, 0.25) is 5.91 Å². The normalized spacial score (nSPS) is 12.8. The fraction of sp³-hybridized carbons (Fsp3) is 0.923. The van der Waals surface area contributed by atoms with Crippen LogP contribution < -0.4 is 0 Å². The summed E-state index contributed by atoms with van der Waals surface area (Å²) in [6.45, 7) is 7.28. The first-order valence-corrected chi connectivity index (χ1v) is 6.68. The third-order valence-corrected chi connectivity index (χ3v) is 2.93. The number of hydrogen-bond donors (Lipinski definition) is 1. The molecular formula is C13H28N2O3. The van der Waals surface area contributed by atoms with Crippen molar-refractivity contribution in [2.24, 2.45) is 0 Å². The molecule has 108 valence electrons. The van der Waals surface area contributed by atoms with Crippen LogP contribution in [0.4, 0.5) is 0 Å². The van der Waals surface area contributed by atoms with Crippen LogP contribution in [0.5, 0.6) is 0 Å². The fourth-order valence-corrected chi connectivity index (χ4v) is 1.93. The number of aliphatic hydroxyl groups is 1. The Morgan fingerprint density at radius 2 is 1.94 bits per heavy atom. The highest BCUT2D eigenvalue weighted by atomic mass is 16.5. The summed E-state index contributed by atoms with van der Waals surface area (Å²) in [7, 11) is 3.52. The van der Waals surface area contributed by atoms with E-state index in [1.165, 1.54) is 0 Å². The molecule has 0 spiro atoms. The lowest BCUT2D eigenvalue weighted by Gasteiger charge is -2.21. The summed E-state index contributed by atoms with van der Waals surface area (Å²) in [5.41, 5.74) is 0. The maximum atomic E-state index is 11.7. The summed E-state index contributed by atoms with van der Waals surface area (Å²) >= 11 is 0. The van der Waals surface area contributed by atoms with E-state index in [0.717, 1.165) is 26.1 Å². The average molecular weight is 260 g/mol. The maximum absolute atomic E-state index is 11.7. The Balaban J connectivity index is 3.73. The van der Waals surface area contributed by atoms with Crippen molar-refractivity contribution in [3.8, 4) is 0 Å². The largest absolute Gasteiger partial charge is 0.389 e. The Hall–Kier alpha value is -0.650. The van der Waals surface area contributed by atoms with Crippen LogP contribution in [0.25, 0.3) is 0 Å². The summed E-state index contributed by atoms with van der Waals surface area (Å²) in [6.07, 6.45) is 0.941. The van der Waals surface area contributed by atoms with Crippen molar-refractivity contribution >= 4 is 5.91 Å². The molecule has 0 heterocycles. The molecule has 1 amide bonds. The van der Waals surface area contributed by atoms with Gasteiger partial charge in [-0.2, -0.15) is 0 Å². The van der Waals surface area contributed by atoms with Gasteiger partial charge < -0.3 is 19.6 Å². The summed E-state index contributed by atoms with van der Waals surface area (Å²) in [5.74, 6) is 0.214. The summed E-state index contributed by atoms with van der Waals surface area (Å²) in [6, 6.07) is 0. The first-order valence-electron chi connectivity index (χ1n) is 6.68. The van der Waals surface area contributed by atoms with Crippen LogP contribution in [0.15, 0.2) is 0 Å². The lowest BCUT2D eigenvalue weighted by molar-refractivity contribution is -0.130. The first-order chi connectivity index (χ1) is 8.54. The number of methoxy groups -OCH3 is 1. The van der Waals surface area contributed by atoms with E-state index in [-0.39, 0.29) is 5.91 Å². The lowest BCUT2D eigenvalue weighted by atomic mass is 10.2. The van der Waals surface area contributed by atoms with Crippen LogP contribution in [0, 0.1) is 0 Å². The van der Waals surface area contributed by atoms with E-state index < -0.39 is 6.10 Å². The minimum atomic E-state index is -0.460.